The van der Waals surface area contributed by atoms with Gasteiger partial charge in [-0.3, -0.25) is 4.90 Å². The predicted octanol–water partition coefficient (Wildman–Crippen LogP) is 3.35. The molecule has 0 bridgehead atoms. The Morgan fingerprint density at radius 2 is 1.90 bits per heavy atom. The van der Waals surface area contributed by atoms with Gasteiger partial charge in [0.25, 0.3) is 0 Å². The summed E-state index contributed by atoms with van der Waals surface area (Å²) in [7, 11) is 0. The molecule has 106 valence electrons. The molecule has 2 rings (SSSR count). The lowest BCUT2D eigenvalue weighted by Crippen LogP contribution is -2.22. The number of carbonyl (C=O) groups is 1. The van der Waals surface area contributed by atoms with Crippen LogP contribution in [0.4, 0.5) is 0 Å². The van der Waals surface area contributed by atoms with E-state index in [9.17, 15) is 9.90 Å². The standard InChI is InChI=1S/C15H18N2O2S/c1-3-17(4-2)10-12-13(15(18)19)16-14(20-12)11-8-6-5-7-9-11/h5-9H,3-4,10H2,1-2H3,(H,18,19). The molecule has 0 spiro atoms. The Morgan fingerprint density at radius 3 is 2.45 bits per heavy atom. The number of aromatic nitrogens is 1. The van der Waals surface area contributed by atoms with E-state index in [4.69, 9.17) is 0 Å². The van der Waals surface area contributed by atoms with Crippen molar-refractivity contribution in [2.24, 2.45) is 0 Å². The first-order chi connectivity index (χ1) is 9.65. The van der Waals surface area contributed by atoms with Gasteiger partial charge in [-0.15, -0.1) is 11.3 Å². The smallest absolute Gasteiger partial charge is 0.355 e. The minimum Gasteiger partial charge on any atom is -0.476 e. The number of nitrogens with zero attached hydrogens (tertiary/aromatic N) is 2. The molecule has 0 fully saturated rings. The van der Waals surface area contributed by atoms with Gasteiger partial charge in [-0.05, 0) is 13.1 Å². The van der Waals surface area contributed by atoms with E-state index in [0.29, 0.717) is 6.54 Å². The van der Waals surface area contributed by atoms with Crippen molar-refractivity contribution in [1.82, 2.24) is 9.88 Å². The van der Waals surface area contributed by atoms with E-state index in [1.165, 1.54) is 11.3 Å². The third-order valence-corrected chi connectivity index (χ3v) is 4.27. The number of thiazole rings is 1. The van der Waals surface area contributed by atoms with Crippen LogP contribution in [0.25, 0.3) is 10.6 Å². The molecule has 0 atom stereocenters. The lowest BCUT2D eigenvalue weighted by atomic mass is 10.2. The van der Waals surface area contributed by atoms with Crippen LogP contribution in [0.2, 0.25) is 0 Å². The Morgan fingerprint density at radius 1 is 1.25 bits per heavy atom. The normalized spacial score (nSPS) is 10.9. The van der Waals surface area contributed by atoms with Crippen LogP contribution in [0.3, 0.4) is 0 Å². The average Bonchev–Trinajstić information content (AvgIpc) is 2.89. The Kier molecular flexibility index (Phi) is 4.87. The van der Waals surface area contributed by atoms with Crippen molar-refractivity contribution in [1.29, 1.82) is 0 Å². The molecule has 1 N–H and O–H groups in total. The fourth-order valence-electron chi connectivity index (χ4n) is 1.98. The number of carboxylic acid groups (broad SMARTS) is 1. The Balaban J connectivity index is 2.36. The minimum absolute atomic E-state index is 0.181. The fourth-order valence-corrected chi connectivity index (χ4v) is 3.08. The maximum absolute atomic E-state index is 11.4. The van der Waals surface area contributed by atoms with Crippen LogP contribution < -0.4 is 0 Å². The second kappa shape index (κ2) is 6.63. The maximum Gasteiger partial charge on any atom is 0.355 e. The van der Waals surface area contributed by atoms with Crippen LogP contribution in [0.1, 0.15) is 29.2 Å². The zero-order chi connectivity index (χ0) is 14.5. The van der Waals surface area contributed by atoms with Crippen LogP contribution in [-0.2, 0) is 6.54 Å². The van der Waals surface area contributed by atoms with Gasteiger partial charge >= 0.3 is 5.97 Å². The highest BCUT2D eigenvalue weighted by Crippen LogP contribution is 2.29. The highest BCUT2D eigenvalue weighted by molar-refractivity contribution is 7.15. The zero-order valence-electron chi connectivity index (χ0n) is 11.7. The summed E-state index contributed by atoms with van der Waals surface area (Å²) in [5, 5.41) is 10.1. The SMILES string of the molecule is CCN(CC)Cc1sc(-c2ccccc2)nc1C(=O)O. The number of aromatic carboxylic acids is 1. The summed E-state index contributed by atoms with van der Waals surface area (Å²) in [6.07, 6.45) is 0. The van der Waals surface area contributed by atoms with Crippen LogP contribution in [0, 0.1) is 0 Å². The van der Waals surface area contributed by atoms with Crippen molar-refractivity contribution >= 4 is 17.3 Å². The lowest BCUT2D eigenvalue weighted by molar-refractivity contribution is 0.0689. The third-order valence-electron chi connectivity index (χ3n) is 3.18. The quantitative estimate of drug-likeness (QED) is 0.886. The van der Waals surface area contributed by atoms with Crippen LogP contribution in [-0.4, -0.2) is 34.0 Å². The molecule has 1 aromatic heterocycles. The summed E-state index contributed by atoms with van der Waals surface area (Å²) in [6.45, 7) is 6.58. The molecule has 1 heterocycles. The maximum atomic E-state index is 11.4. The van der Waals surface area contributed by atoms with E-state index in [0.717, 1.165) is 28.5 Å². The monoisotopic (exact) mass is 290 g/mol. The van der Waals surface area contributed by atoms with Gasteiger partial charge in [0.15, 0.2) is 5.69 Å². The predicted molar refractivity (Wildman–Crippen MR) is 81.1 cm³/mol. The topological polar surface area (TPSA) is 53.4 Å². The van der Waals surface area contributed by atoms with Gasteiger partial charge in [0, 0.05) is 12.1 Å². The first-order valence-electron chi connectivity index (χ1n) is 6.66. The zero-order valence-corrected chi connectivity index (χ0v) is 12.5. The lowest BCUT2D eigenvalue weighted by Gasteiger charge is -2.16. The van der Waals surface area contributed by atoms with Crippen molar-refractivity contribution < 1.29 is 9.90 Å². The van der Waals surface area contributed by atoms with E-state index in [-0.39, 0.29) is 5.69 Å². The van der Waals surface area contributed by atoms with Gasteiger partial charge in [0.2, 0.25) is 0 Å². The number of rotatable bonds is 6. The third kappa shape index (κ3) is 3.23. The Bertz CT molecular complexity index is 577. The molecule has 0 saturated carbocycles. The minimum atomic E-state index is -0.953. The van der Waals surface area contributed by atoms with Crippen molar-refractivity contribution in [3.8, 4) is 10.6 Å². The van der Waals surface area contributed by atoms with E-state index < -0.39 is 5.97 Å². The van der Waals surface area contributed by atoms with E-state index in [1.54, 1.807) is 0 Å². The molecule has 0 aliphatic heterocycles. The molecule has 1 aromatic carbocycles. The molecule has 5 heteroatoms. The number of carboxylic acids is 1. The van der Waals surface area contributed by atoms with Crippen LogP contribution in [0.5, 0.6) is 0 Å². The molecule has 0 amide bonds. The van der Waals surface area contributed by atoms with Crippen molar-refractivity contribution in [2.75, 3.05) is 13.1 Å². The second-order valence-corrected chi connectivity index (χ2v) is 5.51. The molecule has 0 aliphatic rings. The highest BCUT2D eigenvalue weighted by atomic mass is 32.1. The molecule has 4 nitrogen and oxygen atoms in total. The summed E-state index contributed by atoms with van der Waals surface area (Å²) in [6, 6.07) is 9.70. The summed E-state index contributed by atoms with van der Waals surface area (Å²) >= 11 is 1.47. The van der Waals surface area contributed by atoms with Gasteiger partial charge in [-0.25, -0.2) is 9.78 Å². The molecule has 2 aromatic rings. The number of hydrogen-bond donors (Lipinski definition) is 1. The van der Waals surface area contributed by atoms with Gasteiger partial charge < -0.3 is 5.11 Å². The van der Waals surface area contributed by atoms with Gasteiger partial charge in [0.1, 0.15) is 5.01 Å². The average molecular weight is 290 g/mol. The van der Waals surface area contributed by atoms with Gasteiger partial charge in [-0.2, -0.15) is 0 Å². The largest absolute Gasteiger partial charge is 0.476 e. The fraction of sp³-hybridized carbons (Fsp3) is 0.333. The Hall–Kier alpha value is -1.72. The van der Waals surface area contributed by atoms with E-state index >= 15 is 0 Å². The summed E-state index contributed by atoms with van der Waals surface area (Å²) < 4.78 is 0. The van der Waals surface area contributed by atoms with Crippen LogP contribution >= 0.6 is 11.3 Å². The van der Waals surface area contributed by atoms with E-state index in [2.05, 4.69) is 23.7 Å². The van der Waals surface area contributed by atoms with E-state index in [1.807, 2.05) is 30.3 Å². The first-order valence-corrected chi connectivity index (χ1v) is 7.48. The molecule has 0 unspecified atom stereocenters. The molecular formula is C15H18N2O2S. The summed E-state index contributed by atoms with van der Waals surface area (Å²) in [5.74, 6) is -0.953. The van der Waals surface area contributed by atoms with Crippen molar-refractivity contribution in [3.63, 3.8) is 0 Å². The molecule has 20 heavy (non-hydrogen) atoms. The number of benzene rings is 1. The molecule has 0 saturated heterocycles. The second-order valence-electron chi connectivity index (χ2n) is 4.42. The van der Waals surface area contributed by atoms with Crippen LogP contribution in [0.15, 0.2) is 30.3 Å². The summed E-state index contributed by atoms with van der Waals surface area (Å²) in [4.78, 5) is 18.7. The summed E-state index contributed by atoms with van der Waals surface area (Å²) in [5.41, 5.74) is 1.14. The molecule has 0 aliphatic carbocycles. The van der Waals surface area contributed by atoms with Crippen molar-refractivity contribution in [2.45, 2.75) is 20.4 Å². The Labute approximate surface area is 122 Å². The molecular weight excluding hydrogens is 272 g/mol. The highest BCUT2D eigenvalue weighted by Gasteiger charge is 2.19. The number of hydrogen-bond acceptors (Lipinski definition) is 4. The van der Waals surface area contributed by atoms with Crippen molar-refractivity contribution in [3.05, 3.63) is 40.9 Å². The van der Waals surface area contributed by atoms with Gasteiger partial charge in [-0.1, -0.05) is 44.2 Å². The molecule has 0 radical (unpaired) electrons. The van der Waals surface area contributed by atoms with Gasteiger partial charge in [0.05, 0.1) is 4.88 Å². The first kappa shape index (κ1) is 14.7.